The first-order valence-corrected chi connectivity index (χ1v) is 7.71. The highest BCUT2D eigenvalue weighted by Gasteiger charge is 2.27. The molecule has 21 heavy (non-hydrogen) atoms. The van der Waals surface area contributed by atoms with Crippen molar-refractivity contribution in [1.82, 2.24) is 4.98 Å². The first-order valence-electron chi connectivity index (χ1n) is 7.71. The van der Waals surface area contributed by atoms with Crippen molar-refractivity contribution in [2.45, 2.75) is 19.3 Å². The zero-order valence-electron chi connectivity index (χ0n) is 12.7. The van der Waals surface area contributed by atoms with Crippen molar-refractivity contribution in [3.05, 3.63) is 29.8 Å². The molecule has 0 atom stereocenters. The zero-order chi connectivity index (χ0) is 14.4. The van der Waals surface area contributed by atoms with Gasteiger partial charge in [0.25, 0.3) is 0 Å². The molecule has 0 fully saturated rings. The van der Waals surface area contributed by atoms with Crippen molar-refractivity contribution >= 4 is 28.2 Å². The molecular formula is C17H21N4+. The molecule has 0 amide bonds. The maximum atomic E-state index is 4.85. The van der Waals surface area contributed by atoms with Crippen LogP contribution in [0.15, 0.2) is 24.3 Å². The van der Waals surface area contributed by atoms with Gasteiger partial charge in [-0.15, -0.1) is 0 Å². The standard InChI is InChI=1S/C17H20N4/c1-20-10-5-8-15(20)19-16-12-6-3-4-7-14(12)18-17-13(16)9-11-21(17)2/h3-4,6-7H,5,8-11H2,1-2H3/p+1. The maximum Gasteiger partial charge on any atom is 0.249 e. The fourth-order valence-electron chi connectivity index (χ4n) is 3.43. The van der Waals surface area contributed by atoms with Gasteiger partial charge in [-0.3, -0.25) is 4.58 Å². The van der Waals surface area contributed by atoms with E-state index in [1.165, 1.54) is 28.9 Å². The summed E-state index contributed by atoms with van der Waals surface area (Å²) in [5, 5.41) is 4.97. The summed E-state index contributed by atoms with van der Waals surface area (Å²) in [6, 6.07) is 8.45. The normalized spacial score (nSPS) is 17.7. The number of pyridine rings is 1. The van der Waals surface area contributed by atoms with Gasteiger partial charge in [0.2, 0.25) is 5.84 Å². The van der Waals surface area contributed by atoms with Gasteiger partial charge in [0.05, 0.1) is 25.5 Å². The Hall–Kier alpha value is -2.10. The lowest BCUT2D eigenvalue weighted by molar-refractivity contribution is -0.488. The molecule has 2 aromatic rings. The molecular weight excluding hydrogens is 260 g/mol. The monoisotopic (exact) mass is 281 g/mol. The molecule has 0 aliphatic carbocycles. The molecule has 2 aliphatic heterocycles. The van der Waals surface area contributed by atoms with Gasteiger partial charge < -0.3 is 4.90 Å². The van der Waals surface area contributed by atoms with Crippen molar-refractivity contribution in [2.75, 3.05) is 37.4 Å². The first-order chi connectivity index (χ1) is 10.2. The van der Waals surface area contributed by atoms with Crippen molar-refractivity contribution in [3.63, 3.8) is 0 Å². The van der Waals surface area contributed by atoms with Crippen LogP contribution in [0.1, 0.15) is 18.4 Å². The van der Waals surface area contributed by atoms with E-state index in [1.54, 1.807) is 0 Å². The topological polar surface area (TPSA) is 31.2 Å². The van der Waals surface area contributed by atoms with Crippen LogP contribution in [-0.4, -0.2) is 42.6 Å². The van der Waals surface area contributed by atoms with E-state index in [1.807, 2.05) is 0 Å². The molecule has 4 rings (SSSR count). The SMILES string of the molecule is CN1CCc2c1nc1ccccc1c2NC1=[N+](C)CCC1. The minimum Gasteiger partial charge on any atom is -0.359 e. The van der Waals surface area contributed by atoms with Crippen LogP contribution in [-0.2, 0) is 6.42 Å². The Kier molecular flexibility index (Phi) is 2.84. The Bertz CT molecular complexity index is 748. The van der Waals surface area contributed by atoms with Gasteiger partial charge in [-0.1, -0.05) is 12.1 Å². The van der Waals surface area contributed by atoms with Gasteiger partial charge in [0.15, 0.2) is 0 Å². The van der Waals surface area contributed by atoms with Crippen LogP contribution >= 0.6 is 0 Å². The third-order valence-corrected chi connectivity index (χ3v) is 4.67. The number of hydrogen-bond acceptors (Lipinski definition) is 3. The second kappa shape index (κ2) is 4.72. The molecule has 0 saturated carbocycles. The number of likely N-dealkylation sites (N-methyl/N-ethyl adjacent to an activating group) is 1. The molecule has 108 valence electrons. The molecule has 3 heterocycles. The van der Waals surface area contributed by atoms with E-state index in [9.17, 15) is 0 Å². The van der Waals surface area contributed by atoms with Gasteiger partial charge in [0.1, 0.15) is 11.5 Å². The summed E-state index contributed by atoms with van der Waals surface area (Å²) in [6.45, 7) is 2.20. The van der Waals surface area contributed by atoms with Crippen LogP contribution in [0.4, 0.5) is 11.5 Å². The predicted octanol–water partition coefficient (Wildman–Crippen LogP) is 2.47. The van der Waals surface area contributed by atoms with E-state index in [0.29, 0.717) is 0 Å². The lowest BCUT2D eigenvalue weighted by atomic mass is 10.1. The lowest BCUT2D eigenvalue weighted by Gasteiger charge is -2.13. The lowest BCUT2D eigenvalue weighted by Crippen LogP contribution is -2.20. The van der Waals surface area contributed by atoms with Gasteiger partial charge >= 0.3 is 0 Å². The Morgan fingerprint density at radius 1 is 1.24 bits per heavy atom. The molecule has 4 heteroatoms. The first kappa shape index (κ1) is 12.6. The Morgan fingerprint density at radius 2 is 2.10 bits per heavy atom. The molecule has 0 spiro atoms. The highest BCUT2D eigenvalue weighted by atomic mass is 15.2. The average Bonchev–Trinajstić information content (AvgIpc) is 3.06. The molecule has 1 N–H and O–H groups in total. The third kappa shape index (κ3) is 1.97. The number of amidine groups is 1. The minimum atomic E-state index is 1.05. The second-order valence-electron chi connectivity index (χ2n) is 6.07. The van der Waals surface area contributed by atoms with Crippen molar-refractivity contribution in [1.29, 1.82) is 0 Å². The summed E-state index contributed by atoms with van der Waals surface area (Å²) >= 11 is 0. The second-order valence-corrected chi connectivity index (χ2v) is 6.07. The van der Waals surface area contributed by atoms with Crippen LogP contribution in [0.2, 0.25) is 0 Å². The van der Waals surface area contributed by atoms with Gasteiger partial charge in [0, 0.05) is 24.5 Å². The van der Waals surface area contributed by atoms with Crippen molar-refractivity contribution < 1.29 is 4.58 Å². The third-order valence-electron chi connectivity index (χ3n) is 4.67. The number of benzene rings is 1. The Labute approximate surface area is 125 Å². The van der Waals surface area contributed by atoms with Crippen LogP contribution in [0, 0.1) is 0 Å². The van der Waals surface area contributed by atoms with E-state index in [2.05, 4.69) is 53.2 Å². The summed E-state index contributed by atoms with van der Waals surface area (Å²) in [6.07, 6.45) is 3.45. The molecule has 2 aliphatic rings. The molecule has 4 nitrogen and oxygen atoms in total. The van der Waals surface area contributed by atoms with E-state index < -0.39 is 0 Å². The predicted molar refractivity (Wildman–Crippen MR) is 87.6 cm³/mol. The van der Waals surface area contributed by atoms with Crippen LogP contribution in [0.3, 0.4) is 0 Å². The number of nitrogens with zero attached hydrogens (tertiary/aromatic N) is 3. The minimum absolute atomic E-state index is 1.05. The number of anilines is 2. The van der Waals surface area contributed by atoms with Crippen LogP contribution in [0.25, 0.3) is 10.9 Å². The van der Waals surface area contributed by atoms with Crippen molar-refractivity contribution in [2.24, 2.45) is 0 Å². The highest BCUT2D eigenvalue weighted by molar-refractivity contribution is 6.04. The van der Waals surface area contributed by atoms with E-state index in [4.69, 9.17) is 4.98 Å². The molecule has 0 radical (unpaired) electrons. The summed E-state index contributed by atoms with van der Waals surface area (Å²) in [5.41, 5.74) is 3.71. The summed E-state index contributed by atoms with van der Waals surface area (Å²) in [4.78, 5) is 7.11. The number of rotatable bonds is 1. The van der Waals surface area contributed by atoms with Crippen LogP contribution < -0.4 is 10.2 Å². The summed E-state index contributed by atoms with van der Waals surface area (Å²) < 4.78 is 2.33. The Morgan fingerprint density at radius 3 is 2.90 bits per heavy atom. The molecule has 0 saturated heterocycles. The Balaban J connectivity index is 1.92. The smallest absolute Gasteiger partial charge is 0.249 e. The quantitative estimate of drug-likeness (QED) is 0.815. The number of aromatic nitrogens is 1. The number of fused-ring (bicyclic) bond motifs is 2. The fourth-order valence-corrected chi connectivity index (χ4v) is 3.43. The average molecular weight is 281 g/mol. The summed E-state index contributed by atoms with van der Waals surface area (Å²) in [7, 11) is 4.30. The highest BCUT2D eigenvalue weighted by Crippen LogP contribution is 2.36. The van der Waals surface area contributed by atoms with Gasteiger partial charge in [-0.05, 0) is 25.0 Å². The zero-order valence-corrected chi connectivity index (χ0v) is 12.7. The van der Waals surface area contributed by atoms with E-state index in [0.717, 1.165) is 37.3 Å². The van der Waals surface area contributed by atoms with E-state index >= 15 is 0 Å². The number of hydrogen-bond donors (Lipinski definition) is 1. The maximum absolute atomic E-state index is 4.85. The fraction of sp³-hybridized carbons (Fsp3) is 0.412. The molecule has 0 bridgehead atoms. The van der Waals surface area contributed by atoms with Crippen molar-refractivity contribution in [3.8, 4) is 0 Å². The molecule has 1 aromatic carbocycles. The largest absolute Gasteiger partial charge is 0.359 e. The van der Waals surface area contributed by atoms with Crippen LogP contribution in [0.5, 0.6) is 0 Å². The molecule has 0 unspecified atom stereocenters. The number of para-hydroxylation sites is 1. The van der Waals surface area contributed by atoms with Gasteiger partial charge in [-0.25, -0.2) is 10.3 Å². The van der Waals surface area contributed by atoms with E-state index in [-0.39, 0.29) is 0 Å². The summed E-state index contributed by atoms with van der Waals surface area (Å²) in [5.74, 6) is 2.47. The number of nitrogens with one attached hydrogen (secondary N) is 1. The van der Waals surface area contributed by atoms with Gasteiger partial charge in [-0.2, -0.15) is 0 Å². The molecule has 1 aromatic heterocycles.